The summed E-state index contributed by atoms with van der Waals surface area (Å²) >= 11 is 0. The molecule has 1 aliphatic rings. The molecule has 1 aromatic carbocycles. The second-order valence-corrected chi connectivity index (χ2v) is 6.54. The molecule has 0 saturated heterocycles. The van der Waals surface area contributed by atoms with Gasteiger partial charge in [-0.2, -0.15) is 9.78 Å². The van der Waals surface area contributed by atoms with Gasteiger partial charge in [0.15, 0.2) is 11.5 Å². The Hall–Kier alpha value is -3.62. The van der Waals surface area contributed by atoms with Crippen LogP contribution < -0.4 is 19.5 Å². The molecule has 1 N–H and O–H groups in total. The Kier molecular flexibility index (Phi) is 4.79. The van der Waals surface area contributed by atoms with Crippen molar-refractivity contribution < 1.29 is 19.0 Å². The number of hydrogen-bond donors (Lipinski definition) is 1. The van der Waals surface area contributed by atoms with Gasteiger partial charge in [0.25, 0.3) is 5.95 Å². The zero-order chi connectivity index (χ0) is 20.5. The molecule has 0 spiro atoms. The summed E-state index contributed by atoms with van der Waals surface area (Å²) in [6, 6.07) is 5.42. The number of aromatic nitrogens is 4. The summed E-state index contributed by atoms with van der Waals surface area (Å²) in [6.07, 6.45) is 3.51. The molecule has 0 unspecified atom stereocenters. The average Bonchev–Trinajstić information content (AvgIpc) is 3.08. The molecule has 3 aromatic rings. The Balaban J connectivity index is 1.91. The van der Waals surface area contributed by atoms with Gasteiger partial charge in [0.2, 0.25) is 11.7 Å². The summed E-state index contributed by atoms with van der Waals surface area (Å²) in [7, 11) is 4.69. The Morgan fingerprint density at radius 1 is 1.07 bits per heavy atom. The van der Waals surface area contributed by atoms with Crippen LogP contribution in [0.25, 0.3) is 5.95 Å². The van der Waals surface area contributed by atoms with Crippen LogP contribution >= 0.6 is 0 Å². The van der Waals surface area contributed by atoms with E-state index in [-0.39, 0.29) is 18.2 Å². The number of anilines is 1. The van der Waals surface area contributed by atoms with Gasteiger partial charge in [0, 0.05) is 35.9 Å². The van der Waals surface area contributed by atoms with Crippen LogP contribution in [0.4, 0.5) is 5.82 Å². The topological polar surface area (TPSA) is 100 Å². The first kappa shape index (κ1) is 18.7. The van der Waals surface area contributed by atoms with Crippen LogP contribution in [0.15, 0.2) is 30.6 Å². The molecule has 1 aliphatic heterocycles. The maximum Gasteiger partial charge on any atom is 0.252 e. The van der Waals surface area contributed by atoms with Crippen LogP contribution in [0.1, 0.15) is 29.2 Å². The zero-order valence-corrected chi connectivity index (χ0v) is 16.6. The van der Waals surface area contributed by atoms with Gasteiger partial charge in [-0.1, -0.05) is 6.07 Å². The highest BCUT2D eigenvalue weighted by Crippen LogP contribution is 2.48. The number of nitrogens with zero attached hydrogens (tertiary/aromatic N) is 4. The van der Waals surface area contributed by atoms with Crippen LogP contribution in [-0.2, 0) is 4.79 Å². The first-order valence-electron chi connectivity index (χ1n) is 9.04. The van der Waals surface area contributed by atoms with Gasteiger partial charge in [0.05, 0.1) is 27.0 Å². The van der Waals surface area contributed by atoms with Crippen molar-refractivity contribution in [3.05, 3.63) is 47.4 Å². The summed E-state index contributed by atoms with van der Waals surface area (Å²) in [5, 5.41) is 7.51. The molecular weight excluding hydrogens is 374 g/mol. The van der Waals surface area contributed by atoms with E-state index in [2.05, 4.69) is 20.4 Å². The standard InChI is InChI=1S/C20H21N5O4/c1-11-16-13(12-6-7-14(27-2)18(29-4)17(12)28-3)10-15(26)23-19(16)25(24-11)20-21-8-5-9-22-20/h5-9,13H,10H2,1-4H3,(H,23,26)/t13-/m1/s1. The number of fused-ring (bicyclic) bond motifs is 1. The van der Waals surface area contributed by atoms with Gasteiger partial charge in [-0.3, -0.25) is 4.79 Å². The molecule has 0 bridgehead atoms. The second kappa shape index (κ2) is 7.42. The van der Waals surface area contributed by atoms with E-state index in [1.165, 1.54) is 0 Å². The van der Waals surface area contributed by atoms with Crippen molar-refractivity contribution in [2.24, 2.45) is 0 Å². The lowest BCUT2D eigenvalue weighted by atomic mass is 9.85. The lowest BCUT2D eigenvalue weighted by Crippen LogP contribution is -2.25. The summed E-state index contributed by atoms with van der Waals surface area (Å²) in [5.74, 6) is 2.11. The fourth-order valence-electron chi connectivity index (χ4n) is 3.76. The Labute approximate surface area is 167 Å². The quantitative estimate of drug-likeness (QED) is 0.708. The van der Waals surface area contributed by atoms with E-state index in [0.29, 0.717) is 29.0 Å². The number of carbonyl (C=O) groups excluding carboxylic acids is 1. The van der Waals surface area contributed by atoms with Crippen LogP contribution in [0.3, 0.4) is 0 Å². The number of methoxy groups -OCH3 is 3. The van der Waals surface area contributed by atoms with Gasteiger partial charge in [-0.05, 0) is 19.1 Å². The predicted octanol–water partition coefficient (Wildman–Crippen LogP) is 2.47. The average molecular weight is 395 g/mol. The van der Waals surface area contributed by atoms with Gasteiger partial charge in [-0.25, -0.2) is 9.97 Å². The number of aryl methyl sites for hydroxylation is 1. The third kappa shape index (κ3) is 3.04. The van der Waals surface area contributed by atoms with E-state index in [1.807, 2.05) is 19.1 Å². The van der Waals surface area contributed by atoms with Crippen molar-refractivity contribution in [3.63, 3.8) is 0 Å². The minimum absolute atomic E-state index is 0.128. The van der Waals surface area contributed by atoms with Gasteiger partial charge in [0.1, 0.15) is 5.82 Å². The number of carbonyl (C=O) groups is 1. The normalized spacial score (nSPS) is 15.4. The van der Waals surface area contributed by atoms with Crippen LogP contribution in [0.2, 0.25) is 0 Å². The highest BCUT2D eigenvalue weighted by molar-refractivity contribution is 5.95. The Morgan fingerprint density at radius 2 is 1.79 bits per heavy atom. The number of amides is 1. The van der Waals surface area contributed by atoms with Crippen molar-refractivity contribution in [1.82, 2.24) is 19.7 Å². The van der Waals surface area contributed by atoms with Crippen molar-refractivity contribution in [3.8, 4) is 23.2 Å². The van der Waals surface area contributed by atoms with Crippen molar-refractivity contribution in [1.29, 1.82) is 0 Å². The number of benzene rings is 1. The third-order valence-electron chi connectivity index (χ3n) is 4.95. The lowest BCUT2D eigenvalue weighted by Gasteiger charge is -2.26. The second-order valence-electron chi connectivity index (χ2n) is 6.54. The first-order valence-corrected chi connectivity index (χ1v) is 9.04. The Bertz CT molecular complexity index is 1060. The van der Waals surface area contributed by atoms with Crippen molar-refractivity contribution in [2.45, 2.75) is 19.3 Å². The fourth-order valence-corrected chi connectivity index (χ4v) is 3.76. The van der Waals surface area contributed by atoms with Gasteiger partial charge in [-0.15, -0.1) is 0 Å². The smallest absolute Gasteiger partial charge is 0.252 e. The van der Waals surface area contributed by atoms with E-state index < -0.39 is 0 Å². The molecule has 3 heterocycles. The molecule has 9 heteroatoms. The van der Waals surface area contributed by atoms with E-state index in [0.717, 1.165) is 16.8 Å². The minimum Gasteiger partial charge on any atom is -0.493 e. The minimum atomic E-state index is -0.272. The number of rotatable bonds is 5. The molecule has 1 amide bonds. The van der Waals surface area contributed by atoms with E-state index in [9.17, 15) is 4.79 Å². The summed E-state index contributed by atoms with van der Waals surface area (Å²) in [5.41, 5.74) is 2.48. The molecule has 29 heavy (non-hydrogen) atoms. The number of hydrogen-bond acceptors (Lipinski definition) is 7. The van der Waals surface area contributed by atoms with Gasteiger partial charge < -0.3 is 19.5 Å². The molecule has 9 nitrogen and oxygen atoms in total. The monoisotopic (exact) mass is 395 g/mol. The molecular formula is C20H21N5O4. The fraction of sp³-hybridized carbons (Fsp3) is 0.300. The maximum absolute atomic E-state index is 12.6. The summed E-state index contributed by atoms with van der Waals surface area (Å²) in [6.45, 7) is 1.90. The predicted molar refractivity (Wildman–Crippen MR) is 105 cm³/mol. The highest BCUT2D eigenvalue weighted by atomic mass is 16.5. The van der Waals surface area contributed by atoms with Crippen molar-refractivity contribution in [2.75, 3.05) is 26.6 Å². The van der Waals surface area contributed by atoms with E-state index in [1.54, 1.807) is 44.5 Å². The number of ether oxygens (including phenoxy) is 3. The van der Waals surface area contributed by atoms with Crippen molar-refractivity contribution >= 4 is 11.7 Å². The molecule has 150 valence electrons. The lowest BCUT2D eigenvalue weighted by molar-refractivity contribution is -0.116. The van der Waals surface area contributed by atoms with E-state index >= 15 is 0 Å². The van der Waals surface area contributed by atoms with Crippen LogP contribution in [-0.4, -0.2) is 47.0 Å². The molecule has 2 aromatic heterocycles. The summed E-state index contributed by atoms with van der Waals surface area (Å²) in [4.78, 5) is 21.1. The number of nitrogens with one attached hydrogen (secondary N) is 1. The highest BCUT2D eigenvalue weighted by Gasteiger charge is 2.35. The van der Waals surface area contributed by atoms with Gasteiger partial charge >= 0.3 is 0 Å². The molecule has 0 radical (unpaired) electrons. The molecule has 4 rings (SSSR count). The Morgan fingerprint density at radius 3 is 2.45 bits per heavy atom. The SMILES string of the molecule is COc1ccc([C@H]2CC(=O)Nc3c2c(C)nn3-c2ncccn2)c(OC)c1OC. The summed E-state index contributed by atoms with van der Waals surface area (Å²) < 4.78 is 18.1. The van der Waals surface area contributed by atoms with E-state index in [4.69, 9.17) is 14.2 Å². The third-order valence-corrected chi connectivity index (χ3v) is 4.95. The van der Waals surface area contributed by atoms with Crippen LogP contribution in [0, 0.1) is 6.92 Å². The first-order chi connectivity index (χ1) is 14.1. The van der Waals surface area contributed by atoms with Crippen LogP contribution in [0.5, 0.6) is 17.2 Å². The molecule has 0 aliphatic carbocycles. The maximum atomic E-state index is 12.6. The molecule has 0 fully saturated rings. The largest absolute Gasteiger partial charge is 0.493 e. The molecule has 1 atom stereocenters. The molecule has 0 saturated carbocycles. The zero-order valence-electron chi connectivity index (χ0n) is 16.6.